The summed E-state index contributed by atoms with van der Waals surface area (Å²) in [4.78, 5) is 0.150. The second kappa shape index (κ2) is 6.99. The third kappa shape index (κ3) is 5.13. The Hall–Kier alpha value is -0.480. The number of nitrogens with one attached hydrogen (secondary N) is 2. The molecule has 20 heavy (non-hydrogen) atoms. The molecule has 0 fully saturated rings. The van der Waals surface area contributed by atoms with Gasteiger partial charge in [0.1, 0.15) is 0 Å². The Labute approximate surface area is 128 Å². The van der Waals surface area contributed by atoms with E-state index in [1.54, 1.807) is 19.1 Å². The normalized spacial score (nSPS) is 12.6. The molecule has 0 saturated carbocycles. The molecular weight excluding hydrogens is 368 g/mol. The summed E-state index contributed by atoms with van der Waals surface area (Å²) in [5, 5.41) is 0. The Morgan fingerprint density at radius 1 is 1.10 bits per heavy atom. The number of halogens is 1. The monoisotopic (exact) mass is 384 g/mol. The summed E-state index contributed by atoms with van der Waals surface area (Å²) >= 11 is 3.30. The first-order valence-electron chi connectivity index (χ1n) is 5.91. The molecule has 0 bridgehead atoms. The number of rotatable bonds is 7. The first-order chi connectivity index (χ1) is 9.18. The summed E-state index contributed by atoms with van der Waals surface area (Å²) < 4.78 is 51.8. The van der Waals surface area contributed by atoms with Crippen LogP contribution in [0.3, 0.4) is 0 Å². The molecule has 1 aromatic rings. The van der Waals surface area contributed by atoms with Crippen LogP contribution in [0.4, 0.5) is 0 Å². The molecule has 9 heteroatoms. The number of hydrogen-bond acceptors (Lipinski definition) is 4. The maximum atomic E-state index is 12.0. The molecule has 0 aliphatic heterocycles. The first kappa shape index (κ1) is 17.6. The molecule has 0 heterocycles. The smallest absolute Gasteiger partial charge is 0.214 e. The molecule has 0 radical (unpaired) electrons. The fraction of sp³-hybridized carbons (Fsp3) is 0.455. The molecular formula is C11H17BrN2O4S2. The van der Waals surface area contributed by atoms with Crippen molar-refractivity contribution in [3.8, 4) is 0 Å². The third-order valence-electron chi connectivity index (χ3n) is 2.56. The van der Waals surface area contributed by atoms with Crippen LogP contribution in [0.25, 0.3) is 0 Å². The molecule has 0 unspecified atom stereocenters. The highest BCUT2D eigenvalue weighted by molar-refractivity contribution is 9.10. The molecule has 6 nitrogen and oxygen atoms in total. The van der Waals surface area contributed by atoms with E-state index < -0.39 is 20.0 Å². The summed E-state index contributed by atoms with van der Waals surface area (Å²) in [7, 11) is -6.93. The summed E-state index contributed by atoms with van der Waals surface area (Å²) in [5.74, 6) is -0.0361. The second-order valence-electron chi connectivity index (χ2n) is 4.11. The highest BCUT2D eigenvalue weighted by atomic mass is 79.9. The number of benzene rings is 1. The van der Waals surface area contributed by atoms with Gasteiger partial charge in [-0.1, -0.05) is 15.9 Å². The highest BCUT2D eigenvalue weighted by Crippen LogP contribution is 2.19. The minimum absolute atomic E-state index is 0.00330. The van der Waals surface area contributed by atoms with Gasteiger partial charge >= 0.3 is 0 Å². The van der Waals surface area contributed by atoms with E-state index in [2.05, 4.69) is 25.4 Å². The zero-order chi connectivity index (χ0) is 15.4. The lowest BCUT2D eigenvalue weighted by atomic mass is 10.2. The number of hydrogen-bond donors (Lipinski definition) is 2. The second-order valence-corrected chi connectivity index (χ2v) is 8.82. The van der Waals surface area contributed by atoms with Crippen molar-refractivity contribution in [2.45, 2.75) is 18.7 Å². The van der Waals surface area contributed by atoms with E-state index in [9.17, 15) is 16.8 Å². The Balaban J connectivity index is 2.64. The Morgan fingerprint density at radius 3 is 2.25 bits per heavy atom. The van der Waals surface area contributed by atoms with Gasteiger partial charge in [0.15, 0.2) is 0 Å². The molecule has 114 valence electrons. The van der Waals surface area contributed by atoms with Crippen LogP contribution < -0.4 is 9.44 Å². The number of aryl methyl sites for hydroxylation is 1. The lowest BCUT2D eigenvalue weighted by Gasteiger charge is -2.09. The fourth-order valence-electron chi connectivity index (χ4n) is 1.36. The summed E-state index contributed by atoms with van der Waals surface area (Å²) in [6.45, 7) is 3.32. The summed E-state index contributed by atoms with van der Waals surface area (Å²) in [6, 6.07) is 4.68. The van der Waals surface area contributed by atoms with E-state index >= 15 is 0 Å². The predicted molar refractivity (Wildman–Crippen MR) is 81.5 cm³/mol. The van der Waals surface area contributed by atoms with Crippen molar-refractivity contribution in [2.75, 3.05) is 18.8 Å². The Kier molecular flexibility index (Phi) is 6.14. The van der Waals surface area contributed by atoms with Crippen LogP contribution in [0, 0.1) is 6.92 Å². The number of sulfonamides is 2. The zero-order valence-corrected chi connectivity index (χ0v) is 14.4. The van der Waals surface area contributed by atoms with E-state index in [4.69, 9.17) is 0 Å². The van der Waals surface area contributed by atoms with Crippen molar-refractivity contribution >= 4 is 36.0 Å². The van der Waals surface area contributed by atoms with Gasteiger partial charge in [0, 0.05) is 17.6 Å². The van der Waals surface area contributed by atoms with Crippen molar-refractivity contribution in [1.29, 1.82) is 0 Å². The first-order valence-corrected chi connectivity index (χ1v) is 9.84. The zero-order valence-electron chi connectivity index (χ0n) is 11.2. The van der Waals surface area contributed by atoms with Gasteiger partial charge in [-0.15, -0.1) is 0 Å². The average Bonchev–Trinajstić information content (AvgIpc) is 2.38. The molecule has 1 rings (SSSR count). The van der Waals surface area contributed by atoms with Crippen molar-refractivity contribution < 1.29 is 16.8 Å². The van der Waals surface area contributed by atoms with Crippen LogP contribution in [-0.4, -0.2) is 35.7 Å². The van der Waals surface area contributed by atoms with Gasteiger partial charge in [-0.05, 0) is 37.6 Å². The lowest BCUT2D eigenvalue weighted by molar-refractivity contribution is 0.571. The van der Waals surface area contributed by atoms with E-state index in [-0.39, 0.29) is 23.7 Å². The molecule has 0 aromatic heterocycles. The Bertz CT molecular complexity index is 672. The van der Waals surface area contributed by atoms with Crippen LogP contribution in [0.2, 0.25) is 0 Å². The molecule has 0 saturated heterocycles. The van der Waals surface area contributed by atoms with E-state index in [1.807, 2.05) is 0 Å². The van der Waals surface area contributed by atoms with Gasteiger partial charge in [-0.2, -0.15) is 0 Å². The van der Waals surface area contributed by atoms with E-state index in [0.717, 1.165) is 10.0 Å². The van der Waals surface area contributed by atoms with Gasteiger partial charge < -0.3 is 0 Å². The minimum atomic E-state index is -3.63. The summed E-state index contributed by atoms with van der Waals surface area (Å²) in [5.41, 5.74) is 0.805. The molecule has 1 aromatic carbocycles. The lowest BCUT2D eigenvalue weighted by Crippen LogP contribution is -2.35. The quantitative estimate of drug-likeness (QED) is 0.685. The highest BCUT2D eigenvalue weighted by Gasteiger charge is 2.14. The van der Waals surface area contributed by atoms with Crippen LogP contribution in [-0.2, 0) is 20.0 Å². The molecule has 0 aliphatic rings. The molecule has 0 amide bonds. The van der Waals surface area contributed by atoms with Crippen LogP contribution in [0.1, 0.15) is 12.5 Å². The van der Waals surface area contributed by atoms with Crippen LogP contribution in [0.15, 0.2) is 27.6 Å². The standard InChI is InChI=1S/C11H17BrN2O4S2/c1-3-19(15,16)13-6-7-14-20(17,18)10-4-5-11(12)9(2)8-10/h4-5,8,13-14H,3,6-7H2,1-2H3. The van der Waals surface area contributed by atoms with E-state index in [1.165, 1.54) is 13.0 Å². The van der Waals surface area contributed by atoms with Crippen molar-refractivity contribution in [3.05, 3.63) is 28.2 Å². The third-order valence-corrected chi connectivity index (χ3v) is 6.31. The molecule has 0 atom stereocenters. The predicted octanol–water partition coefficient (Wildman–Crippen LogP) is 0.975. The van der Waals surface area contributed by atoms with Gasteiger partial charge in [-0.3, -0.25) is 0 Å². The van der Waals surface area contributed by atoms with Gasteiger partial charge in [0.05, 0.1) is 10.6 Å². The summed E-state index contributed by atoms with van der Waals surface area (Å²) in [6.07, 6.45) is 0. The maximum Gasteiger partial charge on any atom is 0.240 e. The van der Waals surface area contributed by atoms with Crippen molar-refractivity contribution in [1.82, 2.24) is 9.44 Å². The Morgan fingerprint density at radius 2 is 1.70 bits per heavy atom. The van der Waals surface area contributed by atoms with Crippen molar-refractivity contribution in [3.63, 3.8) is 0 Å². The van der Waals surface area contributed by atoms with Crippen LogP contribution >= 0.6 is 15.9 Å². The molecule has 0 aliphatic carbocycles. The van der Waals surface area contributed by atoms with Crippen LogP contribution in [0.5, 0.6) is 0 Å². The fourth-order valence-corrected chi connectivity index (χ4v) is 3.34. The average molecular weight is 385 g/mol. The van der Waals surface area contributed by atoms with Crippen molar-refractivity contribution in [2.24, 2.45) is 0 Å². The molecule has 0 spiro atoms. The minimum Gasteiger partial charge on any atom is -0.214 e. The maximum absolute atomic E-state index is 12.0. The SMILES string of the molecule is CCS(=O)(=O)NCCNS(=O)(=O)c1ccc(Br)c(C)c1. The molecule has 2 N–H and O–H groups in total. The van der Waals surface area contributed by atoms with Gasteiger partial charge in [0.25, 0.3) is 0 Å². The van der Waals surface area contributed by atoms with E-state index in [0.29, 0.717) is 0 Å². The van der Waals surface area contributed by atoms with Gasteiger partial charge in [-0.25, -0.2) is 26.3 Å². The largest absolute Gasteiger partial charge is 0.240 e. The topological polar surface area (TPSA) is 92.3 Å². The van der Waals surface area contributed by atoms with Gasteiger partial charge in [0.2, 0.25) is 20.0 Å².